The number of allylic oxidation sites excluding steroid dienone is 3. The largest absolute Gasteiger partial charge is 0.299 e. The number of ketones is 3. The van der Waals surface area contributed by atoms with E-state index in [1.165, 1.54) is 13.0 Å². The summed E-state index contributed by atoms with van der Waals surface area (Å²) < 4.78 is 0. The second-order valence-electron chi connectivity index (χ2n) is 2.67. The smallest absolute Gasteiger partial charge is 0.229 e. The number of carbonyl (C=O) groups excluding carboxylic acids is 3. The van der Waals surface area contributed by atoms with Gasteiger partial charge in [0.1, 0.15) is 5.78 Å². The number of Topliss-reactive ketones (excluding diaryl/α,β-unsaturated/α-hetero) is 2. The minimum Gasteiger partial charge on any atom is -0.299 e. The van der Waals surface area contributed by atoms with E-state index in [1.807, 2.05) is 0 Å². The third-order valence-corrected chi connectivity index (χ3v) is 1.77. The third kappa shape index (κ3) is 1.25. The molecule has 1 rings (SSSR count). The van der Waals surface area contributed by atoms with Gasteiger partial charge in [-0.3, -0.25) is 14.4 Å². The molecule has 3 nitrogen and oxygen atoms in total. The van der Waals surface area contributed by atoms with Crippen LogP contribution in [0, 0.1) is 5.92 Å². The van der Waals surface area contributed by atoms with Crippen LogP contribution in [0.25, 0.3) is 0 Å². The lowest BCUT2D eigenvalue weighted by Crippen LogP contribution is -2.26. The Labute approximate surface area is 69.8 Å². The lowest BCUT2D eigenvalue weighted by atomic mass is 9.87. The molecule has 0 aromatic rings. The average molecular weight is 164 g/mol. The normalized spacial score (nSPS) is 23.1. The average Bonchev–Trinajstić information content (AvgIpc) is 2.00. The Morgan fingerprint density at radius 3 is 2.58 bits per heavy atom. The predicted molar refractivity (Wildman–Crippen MR) is 42.5 cm³/mol. The van der Waals surface area contributed by atoms with E-state index in [0.717, 1.165) is 6.08 Å². The van der Waals surface area contributed by atoms with Gasteiger partial charge in [-0.15, -0.1) is 0 Å². The number of carbonyl (C=O) groups is 3. The first-order chi connectivity index (χ1) is 5.54. The molecule has 1 aliphatic rings. The van der Waals surface area contributed by atoms with Gasteiger partial charge in [0.2, 0.25) is 11.6 Å². The molecule has 0 spiro atoms. The summed E-state index contributed by atoms with van der Waals surface area (Å²) in [5.41, 5.74) is 0.0787. The van der Waals surface area contributed by atoms with Crippen LogP contribution < -0.4 is 0 Å². The van der Waals surface area contributed by atoms with Gasteiger partial charge in [-0.25, -0.2) is 0 Å². The highest BCUT2D eigenvalue weighted by atomic mass is 16.2. The molecule has 1 aliphatic carbocycles. The van der Waals surface area contributed by atoms with E-state index in [9.17, 15) is 14.4 Å². The molecule has 0 radical (unpaired) electrons. The van der Waals surface area contributed by atoms with E-state index in [-0.39, 0.29) is 11.4 Å². The lowest BCUT2D eigenvalue weighted by molar-refractivity contribution is -0.132. The number of rotatable bonds is 1. The molecule has 0 aliphatic heterocycles. The SMILES string of the molecule is C=C1C(=O)C(=O)C=CC1C(C)=O. The predicted octanol–water partition coefficient (Wildman–Crippen LogP) is 0.456. The zero-order chi connectivity index (χ0) is 9.30. The Morgan fingerprint density at radius 1 is 1.50 bits per heavy atom. The van der Waals surface area contributed by atoms with E-state index in [0.29, 0.717) is 0 Å². The summed E-state index contributed by atoms with van der Waals surface area (Å²) in [6, 6.07) is 0. The fourth-order valence-corrected chi connectivity index (χ4v) is 1.06. The van der Waals surface area contributed by atoms with Gasteiger partial charge in [0.15, 0.2) is 0 Å². The minimum absolute atomic E-state index is 0.0787. The molecule has 0 N–H and O–H groups in total. The molecule has 0 saturated heterocycles. The van der Waals surface area contributed by atoms with Gasteiger partial charge in [-0.05, 0) is 13.0 Å². The second kappa shape index (κ2) is 2.85. The van der Waals surface area contributed by atoms with Crippen molar-refractivity contribution in [1.82, 2.24) is 0 Å². The van der Waals surface area contributed by atoms with E-state index in [1.54, 1.807) is 0 Å². The van der Waals surface area contributed by atoms with Crippen molar-refractivity contribution >= 4 is 17.3 Å². The summed E-state index contributed by atoms with van der Waals surface area (Å²) in [5.74, 6) is -2.03. The van der Waals surface area contributed by atoms with Crippen LogP contribution >= 0.6 is 0 Å². The lowest BCUT2D eigenvalue weighted by Gasteiger charge is -2.13. The van der Waals surface area contributed by atoms with Crippen molar-refractivity contribution in [3.05, 3.63) is 24.3 Å². The zero-order valence-electron chi connectivity index (χ0n) is 6.66. The number of hydrogen-bond donors (Lipinski definition) is 0. The van der Waals surface area contributed by atoms with Gasteiger partial charge in [-0.1, -0.05) is 12.7 Å². The first kappa shape index (κ1) is 8.59. The van der Waals surface area contributed by atoms with Crippen molar-refractivity contribution in [3.63, 3.8) is 0 Å². The van der Waals surface area contributed by atoms with Gasteiger partial charge >= 0.3 is 0 Å². The van der Waals surface area contributed by atoms with E-state index in [2.05, 4.69) is 6.58 Å². The second-order valence-corrected chi connectivity index (χ2v) is 2.67. The fraction of sp³-hybridized carbons (Fsp3) is 0.222. The first-order valence-electron chi connectivity index (χ1n) is 3.50. The zero-order valence-corrected chi connectivity index (χ0v) is 6.66. The molecular formula is C9H8O3. The van der Waals surface area contributed by atoms with Crippen LogP contribution in [0.1, 0.15) is 6.92 Å². The highest BCUT2D eigenvalue weighted by molar-refractivity contribution is 6.48. The summed E-state index contributed by atoms with van der Waals surface area (Å²) in [6.07, 6.45) is 2.54. The standard InChI is InChI=1S/C9H8O3/c1-5-7(6(2)10)3-4-8(11)9(5)12/h3-4,7H,1H2,2H3. The van der Waals surface area contributed by atoms with Crippen LogP contribution in [-0.4, -0.2) is 17.3 Å². The highest BCUT2D eigenvalue weighted by Gasteiger charge is 2.28. The molecule has 0 bridgehead atoms. The molecule has 0 aromatic heterocycles. The summed E-state index contributed by atoms with van der Waals surface area (Å²) in [4.78, 5) is 32.6. The maximum Gasteiger partial charge on any atom is 0.229 e. The molecule has 0 aromatic carbocycles. The van der Waals surface area contributed by atoms with Crippen molar-refractivity contribution in [2.75, 3.05) is 0 Å². The Bertz CT molecular complexity index is 310. The Hall–Kier alpha value is -1.51. The quantitative estimate of drug-likeness (QED) is 0.417. The van der Waals surface area contributed by atoms with Crippen molar-refractivity contribution in [2.24, 2.45) is 5.92 Å². The summed E-state index contributed by atoms with van der Waals surface area (Å²) in [5, 5.41) is 0. The molecular weight excluding hydrogens is 156 g/mol. The molecule has 1 atom stereocenters. The van der Waals surface area contributed by atoms with Crippen LogP contribution in [-0.2, 0) is 14.4 Å². The monoisotopic (exact) mass is 164 g/mol. The molecule has 0 fully saturated rings. The Morgan fingerprint density at radius 2 is 2.08 bits per heavy atom. The Balaban J connectivity index is 3.04. The molecule has 0 amide bonds. The summed E-state index contributed by atoms with van der Waals surface area (Å²) >= 11 is 0. The highest BCUT2D eigenvalue weighted by Crippen LogP contribution is 2.18. The van der Waals surface area contributed by atoms with E-state index in [4.69, 9.17) is 0 Å². The van der Waals surface area contributed by atoms with Gasteiger partial charge in [0.05, 0.1) is 5.92 Å². The van der Waals surface area contributed by atoms with Crippen molar-refractivity contribution in [1.29, 1.82) is 0 Å². The van der Waals surface area contributed by atoms with Crippen LogP contribution in [0.5, 0.6) is 0 Å². The maximum atomic E-state index is 11.0. The Kier molecular flexibility index (Phi) is 2.04. The molecule has 0 saturated carbocycles. The van der Waals surface area contributed by atoms with Crippen molar-refractivity contribution in [2.45, 2.75) is 6.92 Å². The van der Waals surface area contributed by atoms with Gasteiger partial charge in [-0.2, -0.15) is 0 Å². The molecule has 3 heteroatoms. The molecule has 62 valence electrons. The van der Waals surface area contributed by atoms with Crippen LogP contribution in [0.3, 0.4) is 0 Å². The van der Waals surface area contributed by atoms with Crippen LogP contribution in [0.15, 0.2) is 24.3 Å². The molecule has 12 heavy (non-hydrogen) atoms. The minimum atomic E-state index is -0.655. The van der Waals surface area contributed by atoms with Gasteiger partial charge in [0.25, 0.3) is 0 Å². The maximum absolute atomic E-state index is 11.0. The molecule has 1 unspecified atom stereocenters. The van der Waals surface area contributed by atoms with Crippen molar-refractivity contribution < 1.29 is 14.4 Å². The van der Waals surface area contributed by atoms with Gasteiger partial charge in [0, 0.05) is 5.57 Å². The third-order valence-electron chi connectivity index (χ3n) is 1.77. The summed E-state index contributed by atoms with van der Waals surface area (Å²) in [6.45, 7) is 4.77. The van der Waals surface area contributed by atoms with Crippen LogP contribution in [0.4, 0.5) is 0 Å². The van der Waals surface area contributed by atoms with Crippen LogP contribution in [0.2, 0.25) is 0 Å². The molecule has 0 heterocycles. The summed E-state index contributed by atoms with van der Waals surface area (Å²) in [7, 11) is 0. The van der Waals surface area contributed by atoms with E-state index < -0.39 is 17.5 Å². The fourth-order valence-electron chi connectivity index (χ4n) is 1.06. The first-order valence-corrected chi connectivity index (χ1v) is 3.50. The van der Waals surface area contributed by atoms with Gasteiger partial charge < -0.3 is 0 Å². The number of hydrogen-bond acceptors (Lipinski definition) is 3. The topological polar surface area (TPSA) is 51.2 Å². The van der Waals surface area contributed by atoms with Crippen molar-refractivity contribution in [3.8, 4) is 0 Å². The van der Waals surface area contributed by atoms with E-state index >= 15 is 0 Å².